The van der Waals surface area contributed by atoms with Crippen molar-refractivity contribution in [2.24, 2.45) is 10.9 Å². The highest BCUT2D eigenvalue weighted by Crippen LogP contribution is 2.19. The van der Waals surface area contributed by atoms with Gasteiger partial charge in [-0.1, -0.05) is 11.2 Å². The molecule has 0 saturated carbocycles. The Balaban J connectivity index is 2.55. The van der Waals surface area contributed by atoms with E-state index in [0.717, 1.165) is 38.1 Å². The van der Waals surface area contributed by atoms with E-state index in [1.165, 1.54) is 0 Å². The van der Waals surface area contributed by atoms with Gasteiger partial charge in [0.05, 0.1) is 12.7 Å². The van der Waals surface area contributed by atoms with Crippen LogP contribution < -0.4 is 15.8 Å². The zero-order chi connectivity index (χ0) is 14.8. The van der Waals surface area contributed by atoms with Crippen molar-refractivity contribution in [1.29, 1.82) is 0 Å². The van der Waals surface area contributed by atoms with Gasteiger partial charge in [-0.05, 0) is 37.1 Å². The molecule has 4 N–H and O–H groups in total. The molecule has 20 heavy (non-hydrogen) atoms. The van der Waals surface area contributed by atoms with Crippen LogP contribution in [0, 0.1) is 0 Å². The van der Waals surface area contributed by atoms with Crippen LogP contribution in [-0.4, -0.2) is 38.4 Å². The van der Waals surface area contributed by atoms with Crippen LogP contribution >= 0.6 is 0 Å². The van der Waals surface area contributed by atoms with Crippen LogP contribution in [-0.2, 0) is 11.3 Å². The number of nitrogens with one attached hydrogen (secondary N) is 1. The molecule has 112 valence electrons. The minimum atomic E-state index is 0.0452. The second-order valence-electron chi connectivity index (χ2n) is 4.40. The lowest BCUT2D eigenvalue weighted by Gasteiger charge is -2.10. The first-order chi connectivity index (χ1) is 9.72. The van der Waals surface area contributed by atoms with Crippen LogP contribution in [0.15, 0.2) is 23.4 Å². The molecule has 0 unspecified atom stereocenters. The monoisotopic (exact) mass is 281 g/mol. The Morgan fingerprint density at radius 3 is 2.80 bits per heavy atom. The van der Waals surface area contributed by atoms with Crippen LogP contribution in [0.1, 0.15) is 24.0 Å². The smallest absolute Gasteiger partial charge is 0.173 e. The number of amidine groups is 1. The number of hydrogen-bond donors (Lipinski definition) is 3. The molecule has 0 aliphatic rings. The maximum atomic E-state index is 8.78. The highest BCUT2D eigenvalue weighted by Gasteiger charge is 2.08. The third kappa shape index (κ3) is 5.07. The second kappa shape index (κ2) is 9.17. The minimum absolute atomic E-state index is 0.0452. The molecule has 0 saturated heterocycles. The number of unbranched alkanes of at least 4 members (excludes halogenated alkanes) is 1. The second-order valence-corrected chi connectivity index (χ2v) is 4.40. The Kier molecular flexibility index (Phi) is 7.46. The zero-order valence-corrected chi connectivity index (χ0v) is 12.1. The predicted octanol–water partition coefficient (Wildman–Crippen LogP) is 1.31. The first-order valence-electron chi connectivity index (χ1n) is 6.57. The molecule has 0 spiro atoms. The van der Waals surface area contributed by atoms with E-state index in [-0.39, 0.29) is 5.84 Å². The van der Waals surface area contributed by atoms with E-state index in [0.29, 0.717) is 11.3 Å². The molecule has 0 radical (unpaired) electrons. The summed E-state index contributed by atoms with van der Waals surface area (Å²) in [4.78, 5) is 0. The Morgan fingerprint density at radius 1 is 1.35 bits per heavy atom. The highest BCUT2D eigenvalue weighted by atomic mass is 16.5. The summed E-state index contributed by atoms with van der Waals surface area (Å²) < 4.78 is 10.2. The molecule has 0 aliphatic heterocycles. The molecule has 1 aromatic carbocycles. The molecule has 0 fully saturated rings. The van der Waals surface area contributed by atoms with E-state index in [9.17, 15) is 0 Å². The highest BCUT2D eigenvalue weighted by molar-refractivity contribution is 5.99. The molecule has 6 heteroatoms. The van der Waals surface area contributed by atoms with Crippen molar-refractivity contribution < 1.29 is 14.7 Å². The molecule has 0 bridgehead atoms. The van der Waals surface area contributed by atoms with Gasteiger partial charge >= 0.3 is 0 Å². The molecule has 0 heterocycles. The standard InChI is InChI=1S/C14H23N3O3/c1-19-8-4-3-7-16-10-11-5-6-13(20-2)12(9-11)14(15)17-18/h5-6,9,16,18H,3-4,7-8,10H2,1-2H3,(H2,15,17). The van der Waals surface area contributed by atoms with Crippen LogP contribution in [0.3, 0.4) is 0 Å². The van der Waals surface area contributed by atoms with E-state index in [1.807, 2.05) is 18.2 Å². The molecule has 0 aromatic heterocycles. The number of nitrogens with zero attached hydrogens (tertiary/aromatic N) is 1. The summed E-state index contributed by atoms with van der Waals surface area (Å²) in [5, 5.41) is 15.1. The topological polar surface area (TPSA) is 89.1 Å². The van der Waals surface area contributed by atoms with Crippen LogP contribution in [0.5, 0.6) is 5.75 Å². The fraction of sp³-hybridized carbons (Fsp3) is 0.500. The largest absolute Gasteiger partial charge is 0.496 e. The summed E-state index contributed by atoms with van der Waals surface area (Å²) in [6.45, 7) is 2.44. The maximum absolute atomic E-state index is 8.78. The number of benzene rings is 1. The first-order valence-corrected chi connectivity index (χ1v) is 6.57. The number of nitrogens with two attached hydrogens (primary N) is 1. The molecular formula is C14H23N3O3. The van der Waals surface area contributed by atoms with Gasteiger partial charge in [0.1, 0.15) is 5.75 Å². The quantitative estimate of drug-likeness (QED) is 0.209. The van der Waals surface area contributed by atoms with Crippen molar-refractivity contribution in [2.75, 3.05) is 27.4 Å². The van der Waals surface area contributed by atoms with Gasteiger partial charge < -0.3 is 25.7 Å². The average Bonchev–Trinajstić information content (AvgIpc) is 2.49. The number of ether oxygens (including phenoxy) is 2. The van der Waals surface area contributed by atoms with Crippen molar-refractivity contribution >= 4 is 5.84 Å². The summed E-state index contributed by atoms with van der Waals surface area (Å²) in [6.07, 6.45) is 2.11. The van der Waals surface area contributed by atoms with Gasteiger partial charge in [0.25, 0.3) is 0 Å². The van der Waals surface area contributed by atoms with Crippen molar-refractivity contribution in [2.45, 2.75) is 19.4 Å². The first kappa shape index (κ1) is 16.3. The lowest BCUT2D eigenvalue weighted by atomic mass is 10.1. The van der Waals surface area contributed by atoms with Gasteiger partial charge in [0.15, 0.2) is 5.84 Å². The van der Waals surface area contributed by atoms with Crippen molar-refractivity contribution in [3.63, 3.8) is 0 Å². The van der Waals surface area contributed by atoms with Gasteiger partial charge in [-0.15, -0.1) is 0 Å². The lowest BCUT2D eigenvalue weighted by Crippen LogP contribution is -2.17. The Hall–Kier alpha value is -1.79. The number of hydrogen-bond acceptors (Lipinski definition) is 5. The Labute approximate surface area is 119 Å². The van der Waals surface area contributed by atoms with E-state index in [2.05, 4.69) is 10.5 Å². The van der Waals surface area contributed by atoms with E-state index in [1.54, 1.807) is 14.2 Å². The number of methoxy groups -OCH3 is 2. The summed E-state index contributed by atoms with van der Waals surface area (Å²) in [7, 11) is 3.26. The van der Waals surface area contributed by atoms with Crippen LogP contribution in [0.4, 0.5) is 0 Å². The normalized spacial score (nSPS) is 11.6. The van der Waals surface area contributed by atoms with E-state index in [4.69, 9.17) is 20.4 Å². The molecular weight excluding hydrogens is 258 g/mol. The van der Waals surface area contributed by atoms with Gasteiger partial charge in [0.2, 0.25) is 0 Å². The fourth-order valence-electron chi connectivity index (χ4n) is 1.85. The van der Waals surface area contributed by atoms with Crippen molar-refractivity contribution in [1.82, 2.24) is 5.32 Å². The maximum Gasteiger partial charge on any atom is 0.173 e. The predicted molar refractivity (Wildman–Crippen MR) is 78.3 cm³/mol. The fourth-order valence-corrected chi connectivity index (χ4v) is 1.85. The molecule has 1 rings (SSSR count). The third-order valence-corrected chi connectivity index (χ3v) is 2.93. The molecule has 0 aliphatic carbocycles. The zero-order valence-electron chi connectivity index (χ0n) is 12.1. The number of rotatable bonds is 9. The molecule has 0 amide bonds. The van der Waals surface area contributed by atoms with Crippen molar-refractivity contribution in [3.05, 3.63) is 29.3 Å². The lowest BCUT2D eigenvalue weighted by molar-refractivity contribution is 0.192. The van der Waals surface area contributed by atoms with Crippen LogP contribution in [0.2, 0.25) is 0 Å². The van der Waals surface area contributed by atoms with Crippen LogP contribution in [0.25, 0.3) is 0 Å². The van der Waals surface area contributed by atoms with E-state index >= 15 is 0 Å². The summed E-state index contributed by atoms with van der Waals surface area (Å²) >= 11 is 0. The summed E-state index contributed by atoms with van der Waals surface area (Å²) in [6, 6.07) is 5.63. The molecule has 0 atom stereocenters. The van der Waals surface area contributed by atoms with E-state index < -0.39 is 0 Å². The number of oxime groups is 1. The molecule has 6 nitrogen and oxygen atoms in total. The summed E-state index contributed by atoms with van der Waals surface area (Å²) in [5.41, 5.74) is 7.28. The minimum Gasteiger partial charge on any atom is -0.496 e. The SMILES string of the molecule is COCCCCNCc1ccc(OC)c(C(N)=NO)c1. The van der Waals surface area contributed by atoms with Gasteiger partial charge in [-0.25, -0.2) is 0 Å². The third-order valence-electron chi connectivity index (χ3n) is 2.93. The van der Waals surface area contributed by atoms with Gasteiger partial charge in [-0.2, -0.15) is 0 Å². The van der Waals surface area contributed by atoms with Gasteiger partial charge in [-0.3, -0.25) is 0 Å². The van der Waals surface area contributed by atoms with Gasteiger partial charge in [0, 0.05) is 20.3 Å². The molecule has 1 aromatic rings. The summed E-state index contributed by atoms with van der Waals surface area (Å²) in [5.74, 6) is 0.632. The average molecular weight is 281 g/mol. The van der Waals surface area contributed by atoms with Crippen molar-refractivity contribution in [3.8, 4) is 5.75 Å². The Bertz CT molecular complexity index is 436. The Morgan fingerprint density at radius 2 is 2.15 bits per heavy atom.